The third-order valence-electron chi connectivity index (χ3n) is 4.91. The van der Waals surface area contributed by atoms with Crippen molar-refractivity contribution in [2.75, 3.05) is 26.5 Å². The second-order valence-electron chi connectivity index (χ2n) is 7.71. The van der Waals surface area contributed by atoms with Gasteiger partial charge in [0.1, 0.15) is 5.75 Å². The van der Waals surface area contributed by atoms with Gasteiger partial charge in [-0.15, -0.1) is 0 Å². The van der Waals surface area contributed by atoms with E-state index in [1.165, 1.54) is 38.9 Å². The van der Waals surface area contributed by atoms with Crippen molar-refractivity contribution in [1.29, 1.82) is 0 Å². The lowest BCUT2D eigenvalue weighted by molar-refractivity contribution is -0.118. The number of benzene rings is 1. The van der Waals surface area contributed by atoms with Crippen molar-refractivity contribution in [3.63, 3.8) is 0 Å². The summed E-state index contributed by atoms with van der Waals surface area (Å²) in [5.74, 6) is 0.312. The molecule has 1 saturated carbocycles. The molecule has 1 aromatic carbocycles. The Morgan fingerprint density at radius 3 is 2.38 bits per heavy atom. The Bertz CT molecular complexity index is 837. The summed E-state index contributed by atoms with van der Waals surface area (Å²) >= 11 is 0. The van der Waals surface area contributed by atoms with Crippen LogP contribution < -0.4 is 10.1 Å². The Hall–Kier alpha value is -1.86. The van der Waals surface area contributed by atoms with Crippen LogP contribution in [0, 0.1) is 17.3 Å². The van der Waals surface area contributed by atoms with E-state index in [9.17, 15) is 13.2 Å². The molecule has 1 aromatic rings. The largest absolute Gasteiger partial charge is 0.495 e. The number of anilines is 1. The van der Waals surface area contributed by atoms with Gasteiger partial charge in [0.2, 0.25) is 15.9 Å². The fourth-order valence-electron chi connectivity index (χ4n) is 3.22. The maximum Gasteiger partial charge on any atom is 0.242 e. The highest BCUT2D eigenvalue weighted by molar-refractivity contribution is 7.89. The lowest BCUT2D eigenvalue weighted by atomic mass is 10.1. The molecule has 1 fully saturated rings. The first-order valence-electron chi connectivity index (χ1n) is 8.49. The number of allylic oxidation sites excluding steroid dienone is 2. The number of carbonyl (C=O) groups excluding carboxylic acids is 1. The number of carbonyl (C=O) groups is 1. The van der Waals surface area contributed by atoms with Gasteiger partial charge in [-0.05, 0) is 43.4 Å². The molecular weight excluding hydrogens is 352 g/mol. The molecule has 0 unspecified atom stereocenters. The zero-order valence-electron chi connectivity index (χ0n) is 16.5. The molecular formula is C19H28N2O4S. The molecule has 7 heteroatoms. The summed E-state index contributed by atoms with van der Waals surface area (Å²) in [7, 11) is 0.821. The van der Waals surface area contributed by atoms with Crippen LogP contribution in [0.5, 0.6) is 5.75 Å². The molecule has 0 bridgehead atoms. The first kappa shape index (κ1) is 20.5. The van der Waals surface area contributed by atoms with E-state index >= 15 is 0 Å². The van der Waals surface area contributed by atoms with E-state index in [0.29, 0.717) is 11.4 Å². The monoisotopic (exact) mass is 380 g/mol. The molecule has 0 spiro atoms. The Morgan fingerprint density at radius 1 is 1.27 bits per heavy atom. The Kier molecular flexibility index (Phi) is 5.54. The fourth-order valence-corrected chi connectivity index (χ4v) is 4.14. The smallest absolute Gasteiger partial charge is 0.242 e. The highest BCUT2D eigenvalue weighted by Crippen LogP contribution is 2.59. The van der Waals surface area contributed by atoms with Gasteiger partial charge in [0.25, 0.3) is 0 Å². The summed E-state index contributed by atoms with van der Waals surface area (Å²) in [5.41, 5.74) is 1.41. The van der Waals surface area contributed by atoms with Crippen LogP contribution in [0.25, 0.3) is 0 Å². The van der Waals surface area contributed by atoms with Gasteiger partial charge >= 0.3 is 0 Å². The first-order valence-corrected chi connectivity index (χ1v) is 9.93. The van der Waals surface area contributed by atoms with E-state index in [1.54, 1.807) is 6.07 Å². The normalized spacial score (nSPS) is 21.2. The summed E-state index contributed by atoms with van der Waals surface area (Å²) in [6.07, 6.45) is 2.12. The number of nitrogens with one attached hydrogen (secondary N) is 1. The van der Waals surface area contributed by atoms with Crippen LogP contribution in [0.2, 0.25) is 0 Å². The molecule has 6 nitrogen and oxygen atoms in total. The second kappa shape index (κ2) is 7.04. The van der Waals surface area contributed by atoms with Gasteiger partial charge in [-0.2, -0.15) is 0 Å². The molecule has 1 aliphatic carbocycles. The van der Waals surface area contributed by atoms with E-state index in [0.717, 1.165) is 4.31 Å². The molecule has 2 rings (SSSR count). The molecule has 1 N–H and O–H groups in total. The minimum atomic E-state index is -3.60. The Balaban J connectivity index is 2.32. The fraction of sp³-hybridized carbons (Fsp3) is 0.526. The molecule has 0 aromatic heterocycles. The standard InChI is InChI=1S/C19H28N2O4S/c1-12(2)10-14-17(19(14,3)4)18(22)20-15-11-13(8-9-16(15)25-7)26(23,24)21(5)6/h8-11,14,17H,1-7H3,(H,20,22)/t14-,17+/m0/s1. The van der Waals surface area contributed by atoms with E-state index in [4.69, 9.17) is 4.74 Å². The lowest BCUT2D eigenvalue weighted by Crippen LogP contribution is -2.23. The van der Waals surface area contributed by atoms with Gasteiger partial charge in [-0.1, -0.05) is 25.5 Å². The van der Waals surface area contributed by atoms with Crippen LogP contribution in [-0.2, 0) is 14.8 Å². The number of ether oxygens (including phenoxy) is 1. The van der Waals surface area contributed by atoms with Gasteiger partial charge in [0, 0.05) is 14.1 Å². The maximum atomic E-state index is 12.8. The summed E-state index contributed by atoms with van der Waals surface area (Å²) < 4.78 is 31.1. The topological polar surface area (TPSA) is 75.7 Å². The zero-order valence-corrected chi connectivity index (χ0v) is 17.3. The quantitative estimate of drug-likeness (QED) is 0.770. The van der Waals surface area contributed by atoms with Crippen molar-refractivity contribution in [2.24, 2.45) is 17.3 Å². The number of sulfonamides is 1. The van der Waals surface area contributed by atoms with E-state index < -0.39 is 10.0 Å². The third-order valence-corrected chi connectivity index (χ3v) is 6.72. The first-order chi connectivity index (χ1) is 11.9. The number of amides is 1. The minimum Gasteiger partial charge on any atom is -0.495 e. The van der Waals surface area contributed by atoms with Crippen molar-refractivity contribution < 1.29 is 17.9 Å². The van der Waals surface area contributed by atoms with Crippen LogP contribution in [-0.4, -0.2) is 39.8 Å². The van der Waals surface area contributed by atoms with Crippen molar-refractivity contribution in [1.82, 2.24) is 4.31 Å². The number of methoxy groups -OCH3 is 1. The predicted molar refractivity (Wildman–Crippen MR) is 103 cm³/mol. The number of hydrogen-bond donors (Lipinski definition) is 1. The van der Waals surface area contributed by atoms with Crippen LogP contribution in [0.1, 0.15) is 27.7 Å². The summed E-state index contributed by atoms with van der Waals surface area (Å²) in [6.45, 7) is 8.15. The van der Waals surface area contributed by atoms with E-state index in [-0.39, 0.29) is 28.1 Å². The number of nitrogens with zero attached hydrogens (tertiary/aromatic N) is 1. The molecule has 144 valence electrons. The average Bonchev–Trinajstić information content (AvgIpc) is 3.06. The Morgan fingerprint density at radius 2 is 1.88 bits per heavy atom. The Labute approximate surface area is 156 Å². The minimum absolute atomic E-state index is 0.106. The number of rotatable bonds is 6. The predicted octanol–water partition coefficient (Wildman–Crippen LogP) is 3.12. The molecule has 0 saturated heterocycles. The van der Waals surface area contributed by atoms with Crippen molar-refractivity contribution in [3.05, 3.63) is 29.8 Å². The average molecular weight is 381 g/mol. The van der Waals surface area contributed by atoms with E-state index in [1.807, 2.05) is 13.8 Å². The summed E-state index contributed by atoms with van der Waals surface area (Å²) in [5, 5.41) is 2.86. The van der Waals surface area contributed by atoms with Gasteiger partial charge < -0.3 is 10.1 Å². The molecule has 1 aliphatic rings. The third kappa shape index (κ3) is 3.78. The van der Waals surface area contributed by atoms with Crippen LogP contribution in [0.3, 0.4) is 0 Å². The van der Waals surface area contributed by atoms with Crippen LogP contribution in [0.4, 0.5) is 5.69 Å². The maximum absolute atomic E-state index is 12.8. The van der Waals surface area contributed by atoms with Gasteiger partial charge in [0.05, 0.1) is 23.6 Å². The van der Waals surface area contributed by atoms with Crippen molar-refractivity contribution in [3.8, 4) is 5.75 Å². The van der Waals surface area contributed by atoms with Crippen LogP contribution in [0.15, 0.2) is 34.7 Å². The van der Waals surface area contributed by atoms with Crippen molar-refractivity contribution in [2.45, 2.75) is 32.6 Å². The second-order valence-corrected chi connectivity index (χ2v) is 9.86. The SMILES string of the molecule is COc1ccc(S(=O)(=O)N(C)C)cc1NC(=O)[C@H]1[C@H](C=C(C)C)C1(C)C. The molecule has 26 heavy (non-hydrogen) atoms. The highest BCUT2D eigenvalue weighted by Gasteiger charge is 2.60. The zero-order chi connectivity index (χ0) is 19.9. The van der Waals surface area contributed by atoms with Crippen LogP contribution >= 0.6 is 0 Å². The molecule has 1 amide bonds. The van der Waals surface area contributed by atoms with Gasteiger partial charge in [0.15, 0.2) is 0 Å². The number of hydrogen-bond acceptors (Lipinski definition) is 4. The summed E-state index contributed by atoms with van der Waals surface area (Å²) in [4.78, 5) is 12.9. The van der Waals surface area contributed by atoms with Crippen molar-refractivity contribution >= 4 is 21.6 Å². The van der Waals surface area contributed by atoms with Gasteiger partial charge in [-0.25, -0.2) is 12.7 Å². The molecule has 0 heterocycles. The summed E-state index contributed by atoms with van der Waals surface area (Å²) in [6, 6.07) is 4.46. The molecule has 0 aliphatic heterocycles. The van der Waals surface area contributed by atoms with E-state index in [2.05, 4.69) is 25.2 Å². The molecule has 0 radical (unpaired) electrons. The highest BCUT2D eigenvalue weighted by atomic mass is 32.2. The van der Waals surface area contributed by atoms with Gasteiger partial charge in [-0.3, -0.25) is 4.79 Å². The molecule has 2 atom stereocenters. The lowest BCUT2D eigenvalue weighted by Gasteiger charge is -2.15.